The van der Waals surface area contributed by atoms with Crippen LogP contribution < -0.4 is 14.8 Å². The molecule has 0 radical (unpaired) electrons. The molecule has 0 bridgehead atoms. The predicted octanol–water partition coefficient (Wildman–Crippen LogP) is 7.15. The molecule has 0 spiro atoms. The van der Waals surface area contributed by atoms with Crippen molar-refractivity contribution in [2.75, 3.05) is 31.6 Å². The summed E-state index contributed by atoms with van der Waals surface area (Å²) in [6.45, 7) is 8.33. The first-order chi connectivity index (χ1) is 18.6. The van der Waals surface area contributed by atoms with Crippen molar-refractivity contribution >= 4 is 22.9 Å². The highest BCUT2D eigenvalue weighted by Gasteiger charge is 2.31. The van der Waals surface area contributed by atoms with Crippen LogP contribution in [0.4, 0.5) is 5.69 Å². The van der Waals surface area contributed by atoms with Gasteiger partial charge in [0.2, 0.25) is 0 Å². The lowest BCUT2D eigenvalue weighted by Crippen LogP contribution is -2.34. The number of hydrogen-bond acceptors (Lipinski definition) is 5. The van der Waals surface area contributed by atoms with Crippen LogP contribution in [0.25, 0.3) is 17.2 Å². The molecule has 0 aromatic heterocycles. The van der Waals surface area contributed by atoms with E-state index >= 15 is 0 Å². The molecule has 0 amide bonds. The Balaban J connectivity index is 1.35. The van der Waals surface area contributed by atoms with Gasteiger partial charge in [-0.25, -0.2) is 0 Å². The molecule has 5 heteroatoms. The summed E-state index contributed by atoms with van der Waals surface area (Å²) in [7, 11) is 0. The lowest BCUT2D eigenvalue weighted by molar-refractivity contribution is 0.172. The summed E-state index contributed by atoms with van der Waals surface area (Å²) in [5.41, 5.74) is 7.67. The van der Waals surface area contributed by atoms with Gasteiger partial charge in [-0.05, 0) is 99.3 Å². The zero-order chi connectivity index (χ0) is 26.1. The van der Waals surface area contributed by atoms with E-state index in [1.54, 1.807) is 12.1 Å². The summed E-state index contributed by atoms with van der Waals surface area (Å²) in [5.74, 6) is 1.90. The second-order valence-corrected chi connectivity index (χ2v) is 10.6. The van der Waals surface area contributed by atoms with Crippen LogP contribution >= 0.6 is 0 Å². The number of phenolic OH excluding ortho intramolecular Hbond substituents is 1. The van der Waals surface area contributed by atoms with E-state index in [4.69, 9.17) is 9.47 Å². The van der Waals surface area contributed by atoms with Gasteiger partial charge in [0.05, 0.1) is 0 Å². The normalized spacial score (nSPS) is 19.7. The van der Waals surface area contributed by atoms with Crippen LogP contribution in [0.15, 0.2) is 66.7 Å². The number of nitrogens with zero attached hydrogens (tertiary/aromatic N) is 1. The third-order valence-electron chi connectivity index (χ3n) is 8.02. The molecule has 6 rings (SSSR count). The molecule has 0 aliphatic carbocycles. The van der Waals surface area contributed by atoms with Gasteiger partial charge >= 0.3 is 0 Å². The van der Waals surface area contributed by atoms with Crippen LogP contribution in [0.5, 0.6) is 17.2 Å². The van der Waals surface area contributed by atoms with Gasteiger partial charge in [0.25, 0.3) is 0 Å². The number of benzene rings is 3. The van der Waals surface area contributed by atoms with E-state index in [0.29, 0.717) is 12.6 Å². The molecule has 3 aliphatic rings. The third kappa shape index (κ3) is 4.79. The first kappa shape index (κ1) is 24.6. The highest BCUT2D eigenvalue weighted by Crippen LogP contribution is 2.49. The number of phenols is 1. The van der Waals surface area contributed by atoms with E-state index in [9.17, 15) is 5.11 Å². The molecule has 2 atom stereocenters. The van der Waals surface area contributed by atoms with Crippen LogP contribution in [0.3, 0.4) is 0 Å². The standard InChI is InChI=1S/C33H36N2O3/c1-22(35-18-5-6-19-35)21-37-26-14-11-24(12-15-26)33-32(23(2)29-20-25(36)13-16-31(29)38-33)28-9-7-10-30-27(28)8-3-4-17-34-30/h3,7-16,20,22,33-34,36H,4-6,17-19,21H2,1-2H3/t22-,33?/m0/s1. The highest BCUT2D eigenvalue weighted by atomic mass is 16.5. The Labute approximate surface area is 225 Å². The van der Waals surface area contributed by atoms with Crippen LogP contribution in [0.2, 0.25) is 0 Å². The van der Waals surface area contributed by atoms with Gasteiger partial charge in [0.1, 0.15) is 30.0 Å². The monoisotopic (exact) mass is 508 g/mol. The molecule has 3 heterocycles. The van der Waals surface area contributed by atoms with E-state index in [0.717, 1.165) is 58.0 Å². The van der Waals surface area contributed by atoms with Crippen molar-refractivity contribution < 1.29 is 14.6 Å². The SMILES string of the molecule is CC1=C(c2cccc3c2C=CCCN3)C(c2ccc(OC[C@H](C)N3CCCC3)cc2)Oc2ccc(O)cc21. The fourth-order valence-electron chi connectivity index (χ4n) is 5.89. The number of allylic oxidation sites excluding steroid dienone is 1. The van der Waals surface area contributed by atoms with Gasteiger partial charge in [0.15, 0.2) is 0 Å². The van der Waals surface area contributed by atoms with Crippen molar-refractivity contribution in [1.82, 2.24) is 4.90 Å². The minimum atomic E-state index is -0.284. The van der Waals surface area contributed by atoms with Gasteiger partial charge in [0, 0.05) is 35.0 Å². The van der Waals surface area contributed by atoms with Crippen molar-refractivity contribution in [3.63, 3.8) is 0 Å². The second-order valence-electron chi connectivity index (χ2n) is 10.6. The summed E-state index contributed by atoms with van der Waals surface area (Å²) >= 11 is 0. The minimum absolute atomic E-state index is 0.239. The van der Waals surface area contributed by atoms with Crippen molar-refractivity contribution in [3.8, 4) is 17.2 Å². The molecule has 1 unspecified atom stereocenters. The molecule has 3 aromatic rings. The van der Waals surface area contributed by atoms with Gasteiger partial charge < -0.3 is 19.9 Å². The first-order valence-corrected chi connectivity index (χ1v) is 13.8. The number of aromatic hydroxyl groups is 1. The molecule has 38 heavy (non-hydrogen) atoms. The number of fused-ring (bicyclic) bond motifs is 2. The average Bonchev–Trinajstić information content (AvgIpc) is 3.37. The van der Waals surface area contributed by atoms with Gasteiger partial charge in [-0.1, -0.05) is 36.4 Å². The zero-order valence-corrected chi connectivity index (χ0v) is 22.2. The summed E-state index contributed by atoms with van der Waals surface area (Å²) in [6.07, 6.45) is 7.72. The Morgan fingerprint density at radius 2 is 1.87 bits per heavy atom. The van der Waals surface area contributed by atoms with E-state index in [1.807, 2.05) is 6.07 Å². The summed E-state index contributed by atoms with van der Waals surface area (Å²) in [4.78, 5) is 2.51. The summed E-state index contributed by atoms with van der Waals surface area (Å²) in [5, 5.41) is 13.8. The Kier molecular flexibility index (Phi) is 6.86. The van der Waals surface area contributed by atoms with Crippen molar-refractivity contribution in [2.24, 2.45) is 0 Å². The molecular formula is C33H36N2O3. The van der Waals surface area contributed by atoms with E-state index in [1.165, 1.54) is 31.5 Å². The van der Waals surface area contributed by atoms with Crippen LogP contribution in [0, 0.1) is 0 Å². The zero-order valence-electron chi connectivity index (χ0n) is 22.2. The van der Waals surface area contributed by atoms with Crippen LogP contribution in [-0.2, 0) is 0 Å². The van der Waals surface area contributed by atoms with Crippen molar-refractivity contribution in [3.05, 3.63) is 89.0 Å². The van der Waals surface area contributed by atoms with Crippen molar-refractivity contribution in [2.45, 2.75) is 45.3 Å². The summed E-state index contributed by atoms with van der Waals surface area (Å²) in [6, 6.07) is 20.5. The lowest BCUT2D eigenvalue weighted by Gasteiger charge is -2.32. The maximum absolute atomic E-state index is 10.2. The van der Waals surface area contributed by atoms with Gasteiger partial charge in [-0.15, -0.1) is 0 Å². The third-order valence-corrected chi connectivity index (χ3v) is 8.02. The smallest absolute Gasteiger partial charge is 0.150 e. The molecule has 5 nitrogen and oxygen atoms in total. The largest absolute Gasteiger partial charge is 0.508 e. The Bertz CT molecular complexity index is 1370. The number of rotatable bonds is 6. The Hall–Kier alpha value is -3.70. The molecular weight excluding hydrogens is 472 g/mol. The fraction of sp³-hybridized carbons (Fsp3) is 0.333. The molecule has 1 fully saturated rings. The van der Waals surface area contributed by atoms with Gasteiger partial charge in [-0.3, -0.25) is 4.90 Å². The number of anilines is 1. The molecule has 196 valence electrons. The van der Waals surface area contributed by atoms with Crippen LogP contribution in [-0.4, -0.2) is 42.3 Å². The first-order valence-electron chi connectivity index (χ1n) is 13.8. The highest BCUT2D eigenvalue weighted by molar-refractivity contribution is 5.99. The topological polar surface area (TPSA) is 54.0 Å². The average molecular weight is 509 g/mol. The fourth-order valence-corrected chi connectivity index (χ4v) is 5.89. The second kappa shape index (κ2) is 10.6. The van der Waals surface area contributed by atoms with E-state index < -0.39 is 0 Å². The predicted molar refractivity (Wildman–Crippen MR) is 155 cm³/mol. The number of ether oxygens (including phenoxy) is 2. The molecule has 3 aromatic carbocycles. The number of nitrogens with one attached hydrogen (secondary N) is 1. The Morgan fingerprint density at radius 1 is 1.05 bits per heavy atom. The molecule has 3 aliphatic heterocycles. The van der Waals surface area contributed by atoms with E-state index in [2.05, 4.69) is 78.7 Å². The quantitative estimate of drug-likeness (QED) is 0.370. The maximum atomic E-state index is 10.2. The molecule has 1 saturated heterocycles. The van der Waals surface area contributed by atoms with Crippen LogP contribution in [0.1, 0.15) is 61.5 Å². The number of likely N-dealkylation sites (tertiary alicyclic amines) is 1. The minimum Gasteiger partial charge on any atom is -0.508 e. The van der Waals surface area contributed by atoms with Crippen molar-refractivity contribution in [1.29, 1.82) is 0 Å². The maximum Gasteiger partial charge on any atom is 0.150 e. The van der Waals surface area contributed by atoms with E-state index in [-0.39, 0.29) is 11.9 Å². The molecule has 0 saturated carbocycles. The number of hydrogen-bond donors (Lipinski definition) is 2. The molecule has 2 N–H and O–H groups in total. The Morgan fingerprint density at radius 3 is 2.68 bits per heavy atom. The summed E-state index contributed by atoms with van der Waals surface area (Å²) < 4.78 is 12.9. The lowest BCUT2D eigenvalue weighted by atomic mass is 9.84. The van der Waals surface area contributed by atoms with Gasteiger partial charge in [-0.2, -0.15) is 0 Å².